The molecule has 7 heteroatoms. The van der Waals surface area contributed by atoms with Gasteiger partial charge in [-0.15, -0.1) is 0 Å². The summed E-state index contributed by atoms with van der Waals surface area (Å²) in [5, 5.41) is 2.91. The van der Waals surface area contributed by atoms with E-state index in [0.29, 0.717) is 11.4 Å². The molecule has 1 aromatic carbocycles. The van der Waals surface area contributed by atoms with Crippen LogP contribution in [0.25, 0.3) is 0 Å². The third kappa shape index (κ3) is 3.79. The number of nitrogens with one attached hydrogen (secondary N) is 1. The molecule has 0 radical (unpaired) electrons. The molecule has 96 valence electrons. The van der Waals surface area contributed by atoms with Gasteiger partial charge in [0, 0.05) is 10.2 Å². The van der Waals surface area contributed by atoms with Crippen LogP contribution in [0.1, 0.15) is 0 Å². The maximum absolute atomic E-state index is 11.2. The average molecular weight is 348 g/mol. The van der Waals surface area contributed by atoms with E-state index in [0.717, 1.165) is 4.47 Å². The van der Waals surface area contributed by atoms with Crippen molar-refractivity contribution in [2.45, 2.75) is 0 Å². The highest BCUT2D eigenvalue weighted by molar-refractivity contribution is 9.10. The Morgan fingerprint density at radius 2 is 2.22 bits per heavy atom. The highest BCUT2D eigenvalue weighted by Crippen LogP contribution is 2.18. The highest BCUT2D eigenvalue weighted by Gasteiger charge is 2.20. The zero-order valence-electron chi connectivity index (χ0n) is 9.22. The van der Waals surface area contributed by atoms with Crippen LogP contribution >= 0.6 is 28.1 Å². The second kappa shape index (κ2) is 5.38. The fraction of sp³-hybridized carbons (Fsp3) is 0.182. The molecule has 1 N–H and O–H groups in total. The average Bonchev–Trinajstić information content (AvgIpc) is 2.57. The normalized spacial score (nSPS) is 17.1. The maximum Gasteiger partial charge on any atom is 0.266 e. The summed E-state index contributed by atoms with van der Waals surface area (Å²) >= 11 is 8.33. The smallest absolute Gasteiger partial charge is 0.266 e. The van der Waals surface area contributed by atoms with Crippen LogP contribution < -0.4 is 10.1 Å². The monoisotopic (exact) mass is 347 g/mol. The minimum Gasteiger partial charge on any atom is -0.432 e. The number of rotatable bonds is 2. The van der Waals surface area contributed by atoms with Crippen molar-refractivity contribution in [3.05, 3.63) is 40.5 Å². The Bertz CT molecular complexity index is 610. The SMILES string of the molecule is O=S1(=O)CC=C(NC(=S)Oc2cccc(Br)c2)C1. The van der Waals surface area contributed by atoms with E-state index in [2.05, 4.69) is 21.2 Å². The quantitative estimate of drug-likeness (QED) is 0.829. The lowest BCUT2D eigenvalue weighted by Gasteiger charge is -2.09. The number of ether oxygens (including phenoxy) is 1. The largest absolute Gasteiger partial charge is 0.432 e. The van der Waals surface area contributed by atoms with E-state index in [4.69, 9.17) is 17.0 Å². The number of benzene rings is 1. The number of hydrogen-bond donors (Lipinski definition) is 1. The lowest BCUT2D eigenvalue weighted by atomic mass is 10.3. The van der Waals surface area contributed by atoms with Crippen molar-refractivity contribution >= 4 is 43.2 Å². The van der Waals surface area contributed by atoms with Crippen molar-refractivity contribution < 1.29 is 13.2 Å². The van der Waals surface area contributed by atoms with Crippen molar-refractivity contribution in [1.82, 2.24) is 5.32 Å². The Morgan fingerprint density at radius 3 is 2.83 bits per heavy atom. The van der Waals surface area contributed by atoms with E-state index in [-0.39, 0.29) is 16.7 Å². The first-order valence-corrected chi connectivity index (χ1v) is 8.11. The van der Waals surface area contributed by atoms with E-state index >= 15 is 0 Å². The van der Waals surface area contributed by atoms with Gasteiger partial charge in [-0.2, -0.15) is 0 Å². The first-order chi connectivity index (χ1) is 8.44. The van der Waals surface area contributed by atoms with Crippen LogP contribution in [-0.4, -0.2) is 25.1 Å². The van der Waals surface area contributed by atoms with Gasteiger partial charge >= 0.3 is 0 Å². The lowest BCUT2D eigenvalue weighted by molar-refractivity contribution is 0.542. The van der Waals surface area contributed by atoms with Gasteiger partial charge in [0.05, 0.1) is 11.5 Å². The minimum absolute atomic E-state index is 0.0189. The molecule has 0 fully saturated rings. The molecule has 0 amide bonds. The van der Waals surface area contributed by atoms with Gasteiger partial charge in [-0.1, -0.05) is 22.0 Å². The van der Waals surface area contributed by atoms with E-state index in [1.54, 1.807) is 18.2 Å². The van der Waals surface area contributed by atoms with Crippen molar-refractivity contribution in [2.75, 3.05) is 11.5 Å². The summed E-state index contributed by atoms with van der Waals surface area (Å²) < 4.78 is 28.7. The molecule has 0 saturated carbocycles. The Labute approximate surface area is 119 Å². The lowest BCUT2D eigenvalue weighted by Crippen LogP contribution is -2.27. The first-order valence-electron chi connectivity index (χ1n) is 5.08. The standard InChI is InChI=1S/C11H10BrNO3S2/c12-8-2-1-3-10(6-8)16-11(17)13-9-4-5-18(14,15)7-9/h1-4,6H,5,7H2,(H,13,17). The molecule has 1 aromatic rings. The predicted molar refractivity (Wildman–Crippen MR) is 77.2 cm³/mol. The van der Waals surface area contributed by atoms with Crippen molar-refractivity contribution in [3.63, 3.8) is 0 Å². The fourth-order valence-electron chi connectivity index (χ4n) is 1.46. The molecule has 1 heterocycles. The molecular weight excluding hydrogens is 338 g/mol. The number of sulfone groups is 1. The third-order valence-corrected chi connectivity index (χ3v) is 4.33. The molecule has 0 spiro atoms. The summed E-state index contributed by atoms with van der Waals surface area (Å²) in [6.07, 6.45) is 1.60. The van der Waals surface area contributed by atoms with Crippen LogP contribution in [0.2, 0.25) is 0 Å². The van der Waals surface area contributed by atoms with Crippen molar-refractivity contribution in [2.24, 2.45) is 0 Å². The van der Waals surface area contributed by atoms with Crippen LogP contribution in [0.5, 0.6) is 5.75 Å². The molecule has 0 aromatic heterocycles. The fourth-order valence-corrected chi connectivity index (χ4v) is 3.31. The summed E-state index contributed by atoms with van der Waals surface area (Å²) in [5.41, 5.74) is 0.565. The summed E-state index contributed by atoms with van der Waals surface area (Å²) in [6, 6.07) is 7.23. The first kappa shape index (κ1) is 13.5. The molecule has 0 unspecified atom stereocenters. The van der Waals surface area contributed by atoms with Gasteiger partial charge in [-0.25, -0.2) is 8.42 Å². The molecule has 4 nitrogen and oxygen atoms in total. The van der Waals surface area contributed by atoms with Gasteiger partial charge in [0.15, 0.2) is 9.84 Å². The second-order valence-corrected chi connectivity index (χ2v) is 7.15. The Morgan fingerprint density at radius 1 is 1.44 bits per heavy atom. The second-order valence-electron chi connectivity index (χ2n) is 3.76. The van der Waals surface area contributed by atoms with E-state index in [9.17, 15) is 8.42 Å². The topological polar surface area (TPSA) is 55.4 Å². The predicted octanol–water partition coefficient (Wildman–Crippen LogP) is 2.01. The van der Waals surface area contributed by atoms with E-state index < -0.39 is 9.84 Å². The molecule has 1 aliphatic rings. The van der Waals surface area contributed by atoms with Gasteiger partial charge in [-0.3, -0.25) is 0 Å². The molecule has 0 aliphatic carbocycles. The minimum atomic E-state index is -3.00. The summed E-state index contributed by atoms with van der Waals surface area (Å²) in [7, 11) is -3.00. The van der Waals surface area contributed by atoms with Gasteiger partial charge in [0.1, 0.15) is 5.75 Å². The van der Waals surface area contributed by atoms with Gasteiger partial charge in [0.2, 0.25) is 0 Å². The Balaban J connectivity index is 1.94. The third-order valence-electron chi connectivity index (χ3n) is 2.23. The number of halogens is 1. The zero-order valence-corrected chi connectivity index (χ0v) is 12.4. The number of hydrogen-bond acceptors (Lipinski definition) is 4. The van der Waals surface area contributed by atoms with Crippen LogP contribution in [0.3, 0.4) is 0 Å². The van der Waals surface area contributed by atoms with Gasteiger partial charge in [-0.05, 0) is 36.5 Å². The highest BCUT2D eigenvalue weighted by atomic mass is 79.9. The van der Waals surface area contributed by atoms with Gasteiger partial charge in [0.25, 0.3) is 5.17 Å². The van der Waals surface area contributed by atoms with Gasteiger partial charge < -0.3 is 10.1 Å². The molecule has 18 heavy (non-hydrogen) atoms. The zero-order chi connectivity index (χ0) is 13.2. The number of thiocarbonyl (C=S) groups is 1. The molecule has 2 rings (SSSR count). The Hall–Kier alpha value is -0.920. The molecule has 1 aliphatic heterocycles. The maximum atomic E-state index is 11.2. The van der Waals surface area contributed by atoms with Crippen LogP contribution in [0, 0.1) is 0 Å². The molecule has 0 saturated heterocycles. The van der Waals surface area contributed by atoms with Crippen LogP contribution in [-0.2, 0) is 9.84 Å². The van der Waals surface area contributed by atoms with Crippen molar-refractivity contribution in [3.8, 4) is 5.75 Å². The van der Waals surface area contributed by atoms with Crippen molar-refractivity contribution in [1.29, 1.82) is 0 Å². The van der Waals surface area contributed by atoms with E-state index in [1.165, 1.54) is 0 Å². The summed E-state index contributed by atoms with van der Waals surface area (Å²) in [6.45, 7) is 0. The molecule has 0 atom stereocenters. The molecular formula is C11H10BrNO3S2. The summed E-state index contributed by atoms with van der Waals surface area (Å²) in [5.74, 6) is 0.618. The Kier molecular flexibility index (Phi) is 4.04. The summed E-state index contributed by atoms with van der Waals surface area (Å²) in [4.78, 5) is 0. The van der Waals surface area contributed by atoms with Crippen LogP contribution in [0.4, 0.5) is 0 Å². The van der Waals surface area contributed by atoms with E-state index in [1.807, 2.05) is 12.1 Å². The van der Waals surface area contributed by atoms with Crippen LogP contribution in [0.15, 0.2) is 40.5 Å². The molecule has 0 bridgehead atoms.